The van der Waals surface area contributed by atoms with Crippen LogP contribution in [-0.4, -0.2) is 31.4 Å². The molecule has 2 atom stereocenters. The van der Waals surface area contributed by atoms with Crippen molar-refractivity contribution in [1.82, 2.24) is 5.32 Å². The maximum Gasteiger partial charge on any atom is 0.275 e. The van der Waals surface area contributed by atoms with Crippen molar-refractivity contribution < 1.29 is 14.5 Å². The second kappa shape index (κ2) is 8.05. The summed E-state index contributed by atoms with van der Waals surface area (Å²) in [6, 6.07) is 8.61. The van der Waals surface area contributed by atoms with Gasteiger partial charge < -0.3 is 15.5 Å². The molecule has 2 heterocycles. The van der Waals surface area contributed by atoms with Crippen molar-refractivity contribution in [1.29, 1.82) is 0 Å². The third-order valence-corrected chi connectivity index (χ3v) is 6.90. The number of carbonyl (C=O) groups excluding carboxylic acids is 2. The fourth-order valence-electron chi connectivity index (χ4n) is 4.34. The second-order valence-corrected chi connectivity index (χ2v) is 9.04. The minimum absolute atomic E-state index is 0.0116. The van der Waals surface area contributed by atoms with Gasteiger partial charge in [-0.05, 0) is 49.3 Å². The molecule has 0 saturated heterocycles. The lowest BCUT2D eigenvalue weighted by molar-refractivity contribution is -0.928. The van der Waals surface area contributed by atoms with Gasteiger partial charge in [0.1, 0.15) is 6.04 Å². The molecule has 1 aromatic heterocycles. The quantitative estimate of drug-likeness (QED) is 0.697. The number of para-hydroxylation sites is 1. The zero-order valence-corrected chi connectivity index (χ0v) is 17.3. The van der Waals surface area contributed by atoms with Gasteiger partial charge in [-0.2, -0.15) is 0 Å². The van der Waals surface area contributed by atoms with Gasteiger partial charge in [-0.25, -0.2) is 0 Å². The number of aryl methyl sites for hydroxylation is 2. The van der Waals surface area contributed by atoms with Crippen LogP contribution in [0.3, 0.4) is 0 Å². The number of amides is 2. The molecule has 1 unspecified atom stereocenters. The fraction of sp³-hybridized carbons (Fsp3) is 0.455. The van der Waals surface area contributed by atoms with Gasteiger partial charge in [0.05, 0.1) is 13.1 Å². The van der Waals surface area contributed by atoms with E-state index in [1.165, 1.54) is 28.2 Å². The fourth-order valence-corrected chi connectivity index (χ4v) is 5.27. The van der Waals surface area contributed by atoms with Crippen molar-refractivity contribution in [2.24, 2.45) is 5.92 Å². The highest BCUT2D eigenvalue weighted by Gasteiger charge is 2.43. The average Bonchev–Trinajstić information content (AvgIpc) is 3.39. The molecule has 3 N–H and O–H groups in total. The van der Waals surface area contributed by atoms with Crippen LogP contribution in [0.5, 0.6) is 0 Å². The summed E-state index contributed by atoms with van der Waals surface area (Å²) in [6.07, 6.45) is 3.58. The van der Waals surface area contributed by atoms with Gasteiger partial charge in [0, 0.05) is 28.5 Å². The van der Waals surface area contributed by atoms with Gasteiger partial charge >= 0.3 is 0 Å². The van der Waals surface area contributed by atoms with Crippen LogP contribution in [0.2, 0.25) is 0 Å². The highest BCUT2D eigenvalue weighted by Crippen LogP contribution is 2.42. The molecule has 1 aliphatic carbocycles. The summed E-state index contributed by atoms with van der Waals surface area (Å²) >= 11 is 1.85. The average molecular weight is 399 g/mol. The SMILES string of the molecule is Cc1cccc(C)c1NC(=O)CNC(=O)C[NH+]1CCc2sccc2[C@H]1C1CC1. The molecule has 28 heavy (non-hydrogen) atoms. The van der Waals surface area contributed by atoms with E-state index in [0.29, 0.717) is 18.5 Å². The van der Waals surface area contributed by atoms with Crippen LogP contribution < -0.4 is 15.5 Å². The number of anilines is 1. The van der Waals surface area contributed by atoms with Crippen molar-refractivity contribution >= 4 is 28.8 Å². The van der Waals surface area contributed by atoms with Crippen molar-refractivity contribution in [3.8, 4) is 0 Å². The summed E-state index contributed by atoms with van der Waals surface area (Å²) in [5.74, 6) is 0.484. The van der Waals surface area contributed by atoms with Crippen molar-refractivity contribution in [2.45, 2.75) is 39.2 Å². The molecule has 148 valence electrons. The summed E-state index contributed by atoms with van der Waals surface area (Å²) in [5, 5.41) is 7.92. The topological polar surface area (TPSA) is 62.6 Å². The minimum Gasteiger partial charge on any atom is -0.342 e. The highest BCUT2D eigenvalue weighted by atomic mass is 32.1. The Balaban J connectivity index is 1.31. The molecule has 1 aliphatic heterocycles. The molecule has 4 rings (SSSR count). The Morgan fingerprint density at radius 3 is 2.61 bits per heavy atom. The van der Waals surface area contributed by atoms with Gasteiger partial charge in [0.25, 0.3) is 5.91 Å². The van der Waals surface area contributed by atoms with Crippen LogP contribution in [0.15, 0.2) is 29.6 Å². The molecular formula is C22H28N3O2S+. The first kappa shape index (κ1) is 19.2. The Morgan fingerprint density at radius 1 is 1.14 bits per heavy atom. The van der Waals surface area contributed by atoms with Gasteiger partial charge in [0.15, 0.2) is 6.54 Å². The minimum atomic E-state index is -0.182. The predicted octanol–water partition coefficient (Wildman–Crippen LogP) is 2.01. The first-order chi connectivity index (χ1) is 13.5. The molecule has 0 radical (unpaired) electrons. The van der Waals surface area contributed by atoms with Crippen molar-refractivity contribution in [2.75, 3.05) is 25.0 Å². The van der Waals surface area contributed by atoms with E-state index in [1.807, 2.05) is 43.4 Å². The smallest absolute Gasteiger partial charge is 0.275 e. The van der Waals surface area contributed by atoms with E-state index < -0.39 is 0 Å². The molecular weight excluding hydrogens is 370 g/mol. The molecule has 5 nitrogen and oxygen atoms in total. The zero-order valence-electron chi connectivity index (χ0n) is 16.5. The maximum absolute atomic E-state index is 12.5. The molecule has 0 bridgehead atoms. The first-order valence-corrected chi connectivity index (χ1v) is 10.9. The van der Waals surface area contributed by atoms with Crippen LogP contribution >= 0.6 is 11.3 Å². The van der Waals surface area contributed by atoms with E-state index in [0.717, 1.165) is 29.8 Å². The number of quaternary nitrogens is 1. The van der Waals surface area contributed by atoms with Crippen LogP contribution in [0.25, 0.3) is 0 Å². The number of thiophene rings is 1. The number of hydrogen-bond acceptors (Lipinski definition) is 3. The van der Waals surface area contributed by atoms with E-state index >= 15 is 0 Å². The zero-order chi connectivity index (χ0) is 19.7. The van der Waals surface area contributed by atoms with Crippen molar-refractivity contribution in [3.05, 3.63) is 51.2 Å². The number of nitrogens with one attached hydrogen (secondary N) is 3. The third-order valence-electron chi connectivity index (χ3n) is 5.90. The molecule has 1 aromatic carbocycles. The van der Waals surface area contributed by atoms with E-state index in [1.54, 1.807) is 0 Å². The van der Waals surface area contributed by atoms with Gasteiger partial charge in [-0.15, -0.1) is 11.3 Å². The third kappa shape index (κ3) is 4.13. The summed E-state index contributed by atoms with van der Waals surface area (Å²) in [5.41, 5.74) is 4.34. The Hall–Kier alpha value is -2.18. The van der Waals surface area contributed by atoms with Crippen LogP contribution in [0.4, 0.5) is 5.69 Å². The Bertz CT molecular complexity index is 867. The Morgan fingerprint density at radius 2 is 1.89 bits per heavy atom. The Kier molecular flexibility index (Phi) is 5.51. The maximum atomic E-state index is 12.5. The Labute approximate surface area is 170 Å². The molecule has 1 saturated carbocycles. The highest BCUT2D eigenvalue weighted by molar-refractivity contribution is 7.10. The van der Waals surface area contributed by atoms with Crippen LogP contribution in [0.1, 0.15) is 40.5 Å². The van der Waals surface area contributed by atoms with Crippen LogP contribution in [-0.2, 0) is 16.0 Å². The van der Waals surface area contributed by atoms with Gasteiger partial charge in [-0.1, -0.05) is 18.2 Å². The largest absolute Gasteiger partial charge is 0.342 e. The lowest BCUT2D eigenvalue weighted by Crippen LogP contribution is -3.14. The van der Waals surface area contributed by atoms with Gasteiger partial charge in [-0.3, -0.25) is 9.59 Å². The predicted molar refractivity (Wildman–Crippen MR) is 112 cm³/mol. The second-order valence-electron chi connectivity index (χ2n) is 8.04. The number of benzene rings is 1. The van der Waals surface area contributed by atoms with Crippen molar-refractivity contribution in [3.63, 3.8) is 0 Å². The number of rotatable bonds is 6. The number of hydrogen-bond donors (Lipinski definition) is 3. The summed E-state index contributed by atoms with van der Waals surface area (Å²) < 4.78 is 0. The molecule has 6 heteroatoms. The van der Waals surface area contributed by atoms with E-state index in [-0.39, 0.29) is 18.4 Å². The summed E-state index contributed by atoms with van der Waals surface area (Å²) in [4.78, 5) is 27.7. The molecule has 2 aliphatic rings. The molecule has 2 aromatic rings. The number of fused-ring (bicyclic) bond motifs is 1. The summed E-state index contributed by atoms with van der Waals surface area (Å²) in [7, 11) is 0. The lowest BCUT2D eigenvalue weighted by Gasteiger charge is -2.32. The molecule has 1 fully saturated rings. The normalized spacial score (nSPS) is 21.1. The lowest BCUT2D eigenvalue weighted by atomic mass is 9.96. The van der Waals surface area contributed by atoms with E-state index in [9.17, 15) is 9.59 Å². The number of carbonyl (C=O) groups is 2. The van der Waals surface area contributed by atoms with Crippen LogP contribution in [0, 0.1) is 19.8 Å². The molecule has 2 amide bonds. The summed E-state index contributed by atoms with van der Waals surface area (Å²) in [6.45, 7) is 5.39. The first-order valence-electron chi connectivity index (χ1n) is 10.1. The monoisotopic (exact) mass is 398 g/mol. The van der Waals surface area contributed by atoms with E-state index in [2.05, 4.69) is 22.1 Å². The standard InChI is InChI=1S/C22H27N3O2S/c1-14-4-3-5-15(2)21(14)24-19(26)12-23-20(27)13-25-10-8-18-17(9-11-28-18)22(25)16-6-7-16/h3-5,9,11,16,22H,6-8,10,12-13H2,1-2H3,(H,23,27)(H,24,26)/p+1/t22-/m1/s1. The van der Waals surface area contributed by atoms with Gasteiger partial charge in [0.2, 0.25) is 5.91 Å². The van der Waals surface area contributed by atoms with E-state index in [4.69, 9.17) is 0 Å². The molecule has 0 spiro atoms.